The van der Waals surface area contributed by atoms with E-state index in [1.165, 1.54) is 0 Å². The summed E-state index contributed by atoms with van der Waals surface area (Å²) in [6.07, 6.45) is 2.69. The molecule has 4 nitrogen and oxygen atoms in total. The average molecular weight is 390 g/mol. The van der Waals surface area contributed by atoms with Crippen molar-refractivity contribution >= 4 is 27.3 Å². The maximum atomic E-state index is 12.6. The number of carbonyl (C=O) groups excluding carboxylic acids is 1. The highest BCUT2D eigenvalue weighted by atomic mass is 32.1. The number of hydrogen-bond donors (Lipinski definition) is 2. The van der Waals surface area contributed by atoms with E-state index in [2.05, 4.69) is 34.9 Å². The zero-order valence-corrected chi connectivity index (χ0v) is 16.5. The summed E-state index contributed by atoms with van der Waals surface area (Å²) in [6, 6.07) is 18.6. The minimum Gasteiger partial charge on any atom is -0.351 e. The molecule has 0 atom stereocenters. The Morgan fingerprint density at radius 1 is 1.11 bits per heavy atom. The Balaban J connectivity index is 1.48. The van der Waals surface area contributed by atoms with Crippen LogP contribution in [0.4, 0.5) is 0 Å². The fraction of sp³-hybridized carbons (Fsp3) is 0.304. The fourth-order valence-electron chi connectivity index (χ4n) is 3.64. The number of thiophene rings is 1. The van der Waals surface area contributed by atoms with Gasteiger partial charge in [-0.15, -0.1) is 11.3 Å². The van der Waals surface area contributed by atoms with Gasteiger partial charge in [0, 0.05) is 11.2 Å². The van der Waals surface area contributed by atoms with Crippen LogP contribution in [0.25, 0.3) is 21.2 Å². The summed E-state index contributed by atoms with van der Waals surface area (Å²) in [5, 5.41) is 16.4. The van der Waals surface area contributed by atoms with Gasteiger partial charge in [0.05, 0.1) is 17.4 Å². The van der Waals surface area contributed by atoms with Crippen LogP contribution in [0, 0.1) is 17.2 Å². The molecule has 0 bridgehead atoms. The van der Waals surface area contributed by atoms with E-state index < -0.39 is 0 Å². The number of rotatable bonds is 5. The lowest BCUT2D eigenvalue weighted by Gasteiger charge is -2.22. The zero-order valence-electron chi connectivity index (χ0n) is 15.7. The molecular formula is C23H23N3OS. The second-order valence-corrected chi connectivity index (χ2v) is 8.38. The van der Waals surface area contributed by atoms with Crippen molar-refractivity contribution in [3.05, 3.63) is 59.0 Å². The third kappa shape index (κ3) is 4.24. The van der Waals surface area contributed by atoms with Gasteiger partial charge >= 0.3 is 0 Å². The van der Waals surface area contributed by atoms with Gasteiger partial charge in [-0.2, -0.15) is 5.26 Å². The predicted octanol–water partition coefficient (Wildman–Crippen LogP) is 4.36. The van der Waals surface area contributed by atoms with Crippen molar-refractivity contribution in [2.45, 2.75) is 19.3 Å². The molecular weight excluding hydrogens is 366 g/mol. The summed E-state index contributed by atoms with van der Waals surface area (Å²) in [7, 11) is 0. The highest BCUT2D eigenvalue weighted by molar-refractivity contribution is 7.20. The number of carbonyl (C=O) groups is 1. The third-order valence-corrected chi connectivity index (χ3v) is 6.42. The van der Waals surface area contributed by atoms with Gasteiger partial charge in [-0.1, -0.05) is 36.4 Å². The molecule has 3 aromatic rings. The summed E-state index contributed by atoms with van der Waals surface area (Å²) in [5.74, 6) is 0.609. The monoisotopic (exact) mass is 389 g/mol. The molecule has 1 aromatic heterocycles. The number of piperidine rings is 1. The maximum absolute atomic E-state index is 12.6. The van der Waals surface area contributed by atoms with Crippen LogP contribution in [-0.4, -0.2) is 25.5 Å². The number of nitrogens with zero attached hydrogens (tertiary/aromatic N) is 1. The van der Waals surface area contributed by atoms with E-state index in [0.717, 1.165) is 64.1 Å². The zero-order chi connectivity index (χ0) is 19.3. The molecule has 28 heavy (non-hydrogen) atoms. The maximum Gasteiger partial charge on any atom is 0.261 e. The summed E-state index contributed by atoms with van der Waals surface area (Å²) >= 11 is 1.54. The predicted molar refractivity (Wildman–Crippen MR) is 115 cm³/mol. The largest absolute Gasteiger partial charge is 0.351 e. The lowest BCUT2D eigenvalue weighted by Crippen LogP contribution is -2.35. The van der Waals surface area contributed by atoms with Crippen molar-refractivity contribution in [3.63, 3.8) is 0 Å². The van der Waals surface area contributed by atoms with Gasteiger partial charge in [-0.3, -0.25) is 4.79 Å². The Labute approximate surface area is 169 Å². The first-order chi connectivity index (χ1) is 13.7. The van der Waals surface area contributed by atoms with Gasteiger partial charge in [0.15, 0.2) is 0 Å². The summed E-state index contributed by atoms with van der Waals surface area (Å²) < 4.78 is 1.12. The van der Waals surface area contributed by atoms with Gasteiger partial charge < -0.3 is 10.6 Å². The third-order valence-electron chi connectivity index (χ3n) is 5.32. The molecule has 0 saturated carbocycles. The Hall–Kier alpha value is -2.68. The van der Waals surface area contributed by atoms with Crippen molar-refractivity contribution in [2.75, 3.05) is 19.6 Å². The topological polar surface area (TPSA) is 64.9 Å². The lowest BCUT2D eigenvalue weighted by atomic mass is 9.98. The molecule has 0 radical (unpaired) electrons. The van der Waals surface area contributed by atoms with Crippen molar-refractivity contribution in [1.82, 2.24) is 10.6 Å². The second kappa shape index (κ2) is 8.55. The average Bonchev–Trinajstić information content (AvgIpc) is 3.17. The first-order valence-electron chi connectivity index (χ1n) is 9.72. The molecule has 0 spiro atoms. The van der Waals surface area contributed by atoms with Gasteiger partial charge in [-0.25, -0.2) is 0 Å². The van der Waals surface area contributed by atoms with Crippen LogP contribution in [0.5, 0.6) is 0 Å². The first kappa shape index (κ1) is 18.7. The van der Waals surface area contributed by atoms with Crippen LogP contribution in [0.15, 0.2) is 48.5 Å². The van der Waals surface area contributed by atoms with E-state index in [-0.39, 0.29) is 5.91 Å². The van der Waals surface area contributed by atoms with Crippen molar-refractivity contribution in [3.8, 4) is 17.2 Å². The van der Waals surface area contributed by atoms with Gasteiger partial charge in [-0.05, 0) is 66.1 Å². The van der Waals surface area contributed by atoms with Crippen LogP contribution in [-0.2, 0) is 6.42 Å². The minimum atomic E-state index is 0.0298. The molecule has 1 aliphatic rings. The highest BCUT2D eigenvalue weighted by Crippen LogP contribution is 2.30. The minimum absolute atomic E-state index is 0.0298. The van der Waals surface area contributed by atoms with Crippen LogP contribution in [0.2, 0.25) is 0 Å². The van der Waals surface area contributed by atoms with Gasteiger partial charge in [0.1, 0.15) is 0 Å². The molecule has 1 saturated heterocycles. The second-order valence-electron chi connectivity index (χ2n) is 7.30. The molecule has 1 aliphatic heterocycles. The molecule has 0 unspecified atom stereocenters. The van der Waals surface area contributed by atoms with Gasteiger partial charge in [0.2, 0.25) is 0 Å². The fourth-order valence-corrected chi connectivity index (χ4v) is 4.66. The number of hydrogen-bond acceptors (Lipinski definition) is 4. The van der Waals surface area contributed by atoms with E-state index in [1.807, 2.05) is 30.3 Å². The first-order valence-corrected chi connectivity index (χ1v) is 10.5. The summed E-state index contributed by atoms with van der Waals surface area (Å²) in [5.41, 5.74) is 3.27. The molecule has 2 N–H and O–H groups in total. The Morgan fingerprint density at radius 2 is 1.86 bits per heavy atom. The standard InChI is InChI=1S/C23H23N3OS/c24-10-7-16-1-3-18(4-2-16)19-5-6-20-14-22(28-21(20)13-19)23(27)26-15-17-8-11-25-12-9-17/h1-6,13-14,17,25H,7-9,11-12,15H2,(H,26,27). The van der Waals surface area contributed by atoms with E-state index in [4.69, 9.17) is 5.26 Å². The summed E-state index contributed by atoms with van der Waals surface area (Å²) in [6.45, 7) is 2.85. The van der Waals surface area contributed by atoms with Crippen LogP contribution >= 0.6 is 11.3 Å². The molecule has 142 valence electrons. The van der Waals surface area contributed by atoms with E-state index in [0.29, 0.717) is 12.3 Å². The van der Waals surface area contributed by atoms with Crippen molar-refractivity contribution in [1.29, 1.82) is 5.26 Å². The molecule has 4 rings (SSSR count). The SMILES string of the molecule is N#CCc1ccc(-c2ccc3cc(C(=O)NCC4CCNCC4)sc3c2)cc1. The molecule has 1 fully saturated rings. The molecule has 1 amide bonds. The highest BCUT2D eigenvalue weighted by Gasteiger charge is 2.16. The van der Waals surface area contributed by atoms with Crippen molar-refractivity contribution in [2.24, 2.45) is 5.92 Å². The normalized spacial score (nSPS) is 14.7. The molecule has 2 aromatic carbocycles. The van der Waals surface area contributed by atoms with Gasteiger partial charge in [0.25, 0.3) is 5.91 Å². The molecule has 5 heteroatoms. The van der Waals surface area contributed by atoms with Crippen LogP contribution in [0.3, 0.4) is 0 Å². The van der Waals surface area contributed by atoms with Crippen LogP contribution < -0.4 is 10.6 Å². The van der Waals surface area contributed by atoms with Crippen LogP contribution in [0.1, 0.15) is 28.1 Å². The number of nitriles is 1. The Morgan fingerprint density at radius 3 is 2.61 bits per heavy atom. The lowest BCUT2D eigenvalue weighted by molar-refractivity contribution is 0.0948. The Kier molecular flexibility index (Phi) is 5.70. The quantitative estimate of drug-likeness (QED) is 0.681. The molecule has 2 heterocycles. The van der Waals surface area contributed by atoms with E-state index >= 15 is 0 Å². The van der Waals surface area contributed by atoms with E-state index in [1.54, 1.807) is 11.3 Å². The van der Waals surface area contributed by atoms with E-state index in [9.17, 15) is 4.79 Å². The molecule has 0 aliphatic carbocycles. The number of amides is 1. The Bertz CT molecular complexity index is 1010. The number of fused-ring (bicyclic) bond motifs is 1. The number of nitrogens with one attached hydrogen (secondary N) is 2. The number of benzene rings is 2. The van der Waals surface area contributed by atoms with Crippen molar-refractivity contribution < 1.29 is 4.79 Å². The summed E-state index contributed by atoms with van der Waals surface area (Å²) in [4.78, 5) is 13.3. The smallest absolute Gasteiger partial charge is 0.261 e.